The number of amides is 2. The lowest BCUT2D eigenvalue weighted by Crippen LogP contribution is -2.47. The van der Waals surface area contributed by atoms with Gasteiger partial charge in [-0.05, 0) is 68.4 Å². The molecule has 2 amide bonds. The minimum Gasteiger partial charge on any atom is -0.490 e. The molecule has 2 aromatic carbocycles. The third-order valence-corrected chi connectivity index (χ3v) is 6.62. The van der Waals surface area contributed by atoms with E-state index in [1.54, 1.807) is 23.9 Å². The number of carbonyl (C=O) groups excluding carboxylic acids is 2. The third-order valence-electron chi connectivity index (χ3n) is 5.43. The molecule has 172 valence electrons. The Morgan fingerprint density at radius 3 is 2.62 bits per heavy atom. The Morgan fingerprint density at radius 1 is 1.16 bits per heavy atom. The molecule has 1 aliphatic rings. The monoisotopic (exact) mass is 494 g/mol. The van der Waals surface area contributed by atoms with Gasteiger partial charge in [-0.3, -0.25) is 9.59 Å². The fourth-order valence-electron chi connectivity index (χ4n) is 3.67. The van der Waals surface area contributed by atoms with E-state index < -0.39 is 11.9 Å². The van der Waals surface area contributed by atoms with Crippen LogP contribution in [0.5, 0.6) is 5.75 Å². The van der Waals surface area contributed by atoms with Crippen LogP contribution in [0.25, 0.3) is 0 Å². The first-order valence-electron chi connectivity index (χ1n) is 10.7. The Labute approximate surface area is 203 Å². The maximum absolute atomic E-state index is 13.0. The molecule has 3 rings (SSSR count). The minimum atomic E-state index is -0.676. The first kappa shape index (κ1) is 24.7. The van der Waals surface area contributed by atoms with Crippen LogP contribution in [0.3, 0.4) is 0 Å². The van der Waals surface area contributed by atoms with E-state index in [1.807, 2.05) is 30.5 Å². The van der Waals surface area contributed by atoms with Crippen molar-refractivity contribution in [3.05, 3.63) is 63.6 Å². The van der Waals surface area contributed by atoms with Crippen molar-refractivity contribution in [2.24, 2.45) is 0 Å². The second-order valence-corrected chi connectivity index (χ2v) is 9.61. The van der Waals surface area contributed by atoms with E-state index in [2.05, 4.69) is 10.6 Å². The van der Waals surface area contributed by atoms with Gasteiger partial charge in [-0.1, -0.05) is 41.4 Å². The van der Waals surface area contributed by atoms with E-state index in [-0.39, 0.29) is 22.6 Å². The van der Waals surface area contributed by atoms with Crippen LogP contribution in [-0.4, -0.2) is 36.0 Å². The number of para-hydroxylation sites is 1. The molecule has 0 saturated heterocycles. The average Bonchev–Trinajstić information content (AvgIpc) is 3.28. The third kappa shape index (κ3) is 7.06. The molecule has 1 unspecified atom stereocenters. The van der Waals surface area contributed by atoms with Gasteiger partial charge in [-0.25, -0.2) is 0 Å². The van der Waals surface area contributed by atoms with E-state index in [1.165, 1.54) is 18.9 Å². The Hall–Kier alpha value is -1.89. The topological polar surface area (TPSA) is 67.4 Å². The molecule has 1 atom stereocenters. The number of carbonyl (C=O) groups is 2. The molecule has 2 N–H and O–H groups in total. The van der Waals surface area contributed by atoms with Crippen molar-refractivity contribution < 1.29 is 14.3 Å². The second-order valence-electron chi connectivity index (χ2n) is 7.78. The molecule has 1 aliphatic carbocycles. The van der Waals surface area contributed by atoms with Crippen LogP contribution >= 0.6 is 35.0 Å². The minimum absolute atomic E-state index is 0.240. The number of thioether (sulfide) groups is 1. The average molecular weight is 495 g/mol. The van der Waals surface area contributed by atoms with Crippen LogP contribution in [0.2, 0.25) is 10.0 Å². The molecule has 0 aromatic heterocycles. The second kappa shape index (κ2) is 12.4. The van der Waals surface area contributed by atoms with Crippen LogP contribution < -0.4 is 15.4 Å². The smallest absolute Gasteiger partial charge is 0.253 e. The highest BCUT2D eigenvalue weighted by molar-refractivity contribution is 7.98. The van der Waals surface area contributed by atoms with Gasteiger partial charge in [0.2, 0.25) is 5.91 Å². The quantitative estimate of drug-likeness (QED) is 0.458. The summed E-state index contributed by atoms with van der Waals surface area (Å²) in [7, 11) is 0. The van der Waals surface area contributed by atoms with Crippen LogP contribution in [0.4, 0.5) is 0 Å². The van der Waals surface area contributed by atoms with E-state index >= 15 is 0 Å². The van der Waals surface area contributed by atoms with E-state index in [0.29, 0.717) is 18.0 Å². The van der Waals surface area contributed by atoms with Gasteiger partial charge in [0, 0.05) is 17.1 Å². The molecule has 0 radical (unpaired) electrons. The molecular weight excluding hydrogens is 467 g/mol. The number of ether oxygens (including phenoxy) is 1. The summed E-state index contributed by atoms with van der Waals surface area (Å²) in [6.07, 6.45) is 7.22. The fraction of sp³-hybridized carbons (Fsp3) is 0.417. The van der Waals surface area contributed by atoms with Crippen molar-refractivity contribution in [2.75, 3.05) is 12.0 Å². The van der Waals surface area contributed by atoms with Gasteiger partial charge in [0.1, 0.15) is 11.8 Å². The standard InChI is InChI=1S/C24H28Cl2N2O3S/c1-32-13-12-21(28-23(29)19-11-10-17(25)14-20(19)26)24(30)27-15-16-6-2-5-9-22(16)31-18-7-3-4-8-18/h2,5-6,9-11,14,18,21H,3-4,7-8,12-13,15H2,1H3,(H,27,30)(H,28,29). The Kier molecular flexibility index (Phi) is 9.57. The zero-order valence-electron chi connectivity index (χ0n) is 18.0. The van der Waals surface area contributed by atoms with Crippen molar-refractivity contribution in [3.8, 4) is 5.75 Å². The summed E-state index contributed by atoms with van der Waals surface area (Å²) < 4.78 is 6.16. The van der Waals surface area contributed by atoms with Crippen molar-refractivity contribution >= 4 is 46.8 Å². The molecule has 5 nitrogen and oxygen atoms in total. The predicted octanol–water partition coefficient (Wildman–Crippen LogP) is 5.48. The lowest BCUT2D eigenvalue weighted by atomic mass is 10.1. The van der Waals surface area contributed by atoms with Gasteiger partial charge in [-0.2, -0.15) is 11.8 Å². The highest BCUT2D eigenvalue weighted by atomic mass is 35.5. The number of rotatable bonds is 10. The van der Waals surface area contributed by atoms with Crippen molar-refractivity contribution in [3.63, 3.8) is 0 Å². The molecule has 32 heavy (non-hydrogen) atoms. The number of halogens is 2. The van der Waals surface area contributed by atoms with Gasteiger partial charge in [0.05, 0.1) is 16.7 Å². The molecule has 2 aromatic rings. The van der Waals surface area contributed by atoms with Gasteiger partial charge < -0.3 is 15.4 Å². The predicted molar refractivity (Wildman–Crippen MR) is 132 cm³/mol. The zero-order chi connectivity index (χ0) is 22.9. The van der Waals surface area contributed by atoms with Crippen molar-refractivity contribution in [2.45, 2.75) is 50.8 Å². The molecule has 0 heterocycles. The molecular formula is C24H28Cl2N2O3S. The summed E-state index contributed by atoms with van der Waals surface area (Å²) in [5.41, 5.74) is 1.21. The van der Waals surface area contributed by atoms with E-state index in [4.69, 9.17) is 27.9 Å². The molecule has 0 aliphatic heterocycles. The maximum Gasteiger partial charge on any atom is 0.253 e. The number of hydrogen-bond donors (Lipinski definition) is 2. The Bertz CT molecular complexity index is 935. The van der Waals surface area contributed by atoms with Gasteiger partial charge in [0.15, 0.2) is 0 Å². The summed E-state index contributed by atoms with van der Waals surface area (Å²) in [6, 6.07) is 11.7. The van der Waals surface area contributed by atoms with Crippen LogP contribution in [-0.2, 0) is 11.3 Å². The zero-order valence-corrected chi connectivity index (χ0v) is 20.4. The van der Waals surface area contributed by atoms with E-state index in [9.17, 15) is 9.59 Å². The van der Waals surface area contributed by atoms with Crippen LogP contribution in [0, 0.1) is 0 Å². The first-order chi connectivity index (χ1) is 15.5. The highest BCUT2D eigenvalue weighted by Gasteiger charge is 2.23. The lowest BCUT2D eigenvalue weighted by molar-refractivity contribution is -0.123. The number of hydrogen-bond acceptors (Lipinski definition) is 4. The molecule has 1 fully saturated rings. The maximum atomic E-state index is 13.0. The molecule has 0 bridgehead atoms. The summed E-state index contributed by atoms with van der Waals surface area (Å²) in [5, 5.41) is 6.46. The van der Waals surface area contributed by atoms with Crippen molar-refractivity contribution in [1.82, 2.24) is 10.6 Å². The fourth-order valence-corrected chi connectivity index (χ4v) is 4.64. The molecule has 0 spiro atoms. The summed E-state index contributed by atoms with van der Waals surface area (Å²) in [5.74, 6) is 0.886. The molecule has 8 heteroatoms. The summed E-state index contributed by atoms with van der Waals surface area (Å²) in [6.45, 7) is 0.328. The summed E-state index contributed by atoms with van der Waals surface area (Å²) in [4.78, 5) is 25.7. The lowest BCUT2D eigenvalue weighted by Gasteiger charge is -2.20. The van der Waals surface area contributed by atoms with Crippen LogP contribution in [0.1, 0.15) is 48.0 Å². The number of benzene rings is 2. The van der Waals surface area contributed by atoms with Gasteiger partial charge in [-0.15, -0.1) is 0 Å². The van der Waals surface area contributed by atoms with Gasteiger partial charge >= 0.3 is 0 Å². The largest absolute Gasteiger partial charge is 0.490 e. The molecule has 1 saturated carbocycles. The Balaban J connectivity index is 1.64. The number of nitrogens with one attached hydrogen (secondary N) is 2. The van der Waals surface area contributed by atoms with E-state index in [0.717, 1.165) is 29.9 Å². The van der Waals surface area contributed by atoms with Crippen molar-refractivity contribution in [1.29, 1.82) is 0 Å². The van der Waals surface area contributed by atoms with Crippen LogP contribution in [0.15, 0.2) is 42.5 Å². The van der Waals surface area contributed by atoms with Gasteiger partial charge in [0.25, 0.3) is 5.91 Å². The SMILES string of the molecule is CSCCC(NC(=O)c1ccc(Cl)cc1Cl)C(=O)NCc1ccccc1OC1CCCC1. The summed E-state index contributed by atoms with van der Waals surface area (Å²) >= 11 is 13.7. The first-order valence-corrected chi connectivity index (χ1v) is 12.9. The Morgan fingerprint density at radius 2 is 1.91 bits per heavy atom. The normalized spacial score (nSPS) is 14.7. The highest BCUT2D eigenvalue weighted by Crippen LogP contribution is 2.26.